The maximum Gasteiger partial charge on any atom is 0.163 e. The number of carbonyl (C=O) groups is 1. The van der Waals surface area contributed by atoms with Gasteiger partial charge in [0.05, 0.1) is 12.2 Å². The lowest BCUT2D eigenvalue weighted by atomic mass is 10.1. The highest BCUT2D eigenvalue weighted by Crippen LogP contribution is 2.19. The molecule has 0 amide bonds. The Morgan fingerprint density at radius 1 is 1.40 bits per heavy atom. The van der Waals surface area contributed by atoms with E-state index in [9.17, 15) is 4.79 Å². The molecule has 0 fully saturated rings. The summed E-state index contributed by atoms with van der Waals surface area (Å²) in [5, 5.41) is 0. The van der Waals surface area contributed by atoms with Crippen LogP contribution in [0.4, 0.5) is 0 Å². The number of benzene rings is 1. The van der Waals surface area contributed by atoms with E-state index in [2.05, 4.69) is 13.8 Å². The van der Waals surface area contributed by atoms with Crippen molar-refractivity contribution in [3.8, 4) is 5.75 Å². The van der Waals surface area contributed by atoms with Crippen LogP contribution in [0.15, 0.2) is 24.3 Å². The third-order valence-electron chi connectivity index (χ3n) is 2.49. The van der Waals surface area contributed by atoms with E-state index in [1.165, 1.54) is 0 Å². The molecule has 0 aromatic heterocycles. The van der Waals surface area contributed by atoms with E-state index >= 15 is 0 Å². The van der Waals surface area contributed by atoms with E-state index in [0.29, 0.717) is 23.8 Å². The lowest BCUT2D eigenvalue weighted by molar-refractivity contribution is 0.101. The van der Waals surface area contributed by atoms with Crippen LogP contribution in [0.3, 0.4) is 0 Å². The fourth-order valence-electron chi connectivity index (χ4n) is 1.23. The molecule has 1 aromatic rings. The second-order valence-electron chi connectivity index (χ2n) is 3.88. The van der Waals surface area contributed by atoms with Crippen LogP contribution in [0.2, 0.25) is 0 Å². The van der Waals surface area contributed by atoms with Crippen molar-refractivity contribution in [2.24, 2.45) is 5.92 Å². The topological polar surface area (TPSA) is 26.3 Å². The van der Waals surface area contributed by atoms with Crippen LogP contribution in [0, 0.1) is 5.92 Å². The first kappa shape index (κ1) is 11.8. The molecule has 82 valence electrons. The number of Topliss-reactive ketones (excluding diaryl/α,β-unsaturated/α-hetero) is 1. The van der Waals surface area contributed by atoms with E-state index in [1.54, 1.807) is 13.0 Å². The standard InChI is InChI=1S/C13H18O2/c1-4-10(2)9-15-13-8-6-5-7-12(13)11(3)14/h5-8,10H,4,9H2,1-3H3. The third kappa shape index (κ3) is 3.39. The largest absolute Gasteiger partial charge is 0.493 e. The SMILES string of the molecule is CCC(C)COc1ccccc1C(C)=O. The number of hydrogen-bond acceptors (Lipinski definition) is 2. The van der Waals surface area contributed by atoms with E-state index in [1.807, 2.05) is 18.2 Å². The van der Waals surface area contributed by atoms with Gasteiger partial charge in [-0.05, 0) is 25.0 Å². The summed E-state index contributed by atoms with van der Waals surface area (Å²) in [7, 11) is 0. The molecule has 0 saturated heterocycles. The molecule has 1 rings (SSSR count). The number of ketones is 1. The minimum absolute atomic E-state index is 0.0507. The van der Waals surface area contributed by atoms with E-state index in [4.69, 9.17) is 4.74 Å². The van der Waals surface area contributed by atoms with Crippen molar-refractivity contribution in [1.29, 1.82) is 0 Å². The van der Waals surface area contributed by atoms with Crippen LogP contribution >= 0.6 is 0 Å². The molecule has 0 radical (unpaired) electrons. The summed E-state index contributed by atoms with van der Waals surface area (Å²) in [6.45, 7) is 6.49. The first-order chi connectivity index (χ1) is 7.15. The summed E-state index contributed by atoms with van der Waals surface area (Å²) >= 11 is 0. The quantitative estimate of drug-likeness (QED) is 0.691. The van der Waals surface area contributed by atoms with E-state index in [-0.39, 0.29) is 5.78 Å². The fourth-order valence-corrected chi connectivity index (χ4v) is 1.23. The maximum absolute atomic E-state index is 11.3. The molecule has 0 heterocycles. The Morgan fingerprint density at radius 3 is 2.67 bits per heavy atom. The molecule has 2 heteroatoms. The first-order valence-electron chi connectivity index (χ1n) is 5.38. The minimum atomic E-state index is 0.0507. The van der Waals surface area contributed by atoms with Gasteiger partial charge < -0.3 is 4.74 Å². The van der Waals surface area contributed by atoms with Crippen molar-refractivity contribution >= 4 is 5.78 Å². The number of hydrogen-bond donors (Lipinski definition) is 0. The maximum atomic E-state index is 11.3. The molecule has 0 N–H and O–H groups in total. The summed E-state index contributed by atoms with van der Waals surface area (Å²) < 4.78 is 5.63. The monoisotopic (exact) mass is 206 g/mol. The fraction of sp³-hybridized carbons (Fsp3) is 0.462. The number of para-hydroxylation sites is 1. The summed E-state index contributed by atoms with van der Waals surface area (Å²) in [4.78, 5) is 11.3. The van der Waals surface area contributed by atoms with Gasteiger partial charge in [0.15, 0.2) is 5.78 Å². The summed E-state index contributed by atoms with van der Waals surface area (Å²) in [6, 6.07) is 7.39. The van der Waals surface area contributed by atoms with Crippen LogP contribution in [0.1, 0.15) is 37.6 Å². The molecule has 0 bridgehead atoms. The van der Waals surface area contributed by atoms with Crippen molar-refractivity contribution in [3.05, 3.63) is 29.8 Å². The summed E-state index contributed by atoms with van der Waals surface area (Å²) in [5.41, 5.74) is 0.667. The Balaban J connectivity index is 2.72. The zero-order valence-electron chi connectivity index (χ0n) is 9.62. The molecular weight excluding hydrogens is 188 g/mol. The average molecular weight is 206 g/mol. The second-order valence-corrected chi connectivity index (χ2v) is 3.88. The highest BCUT2D eigenvalue weighted by atomic mass is 16.5. The molecule has 1 unspecified atom stereocenters. The summed E-state index contributed by atoms with van der Waals surface area (Å²) in [6.07, 6.45) is 1.09. The molecule has 0 saturated carbocycles. The van der Waals surface area contributed by atoms with Gasteiger partial charge in [-0.1, -0.05) is 32.4 Å². The van der Waals surface area contributed by atoms with Crippen molar-refractivity contribution < 1.29 is 9.53 Å². The lowest BCUT2D eigenvalue weighted by Crippen LogP contribution is -2.09. The predicted octanol–water partition coefficient (Wildman–Crippen LogP) is 3.31. The zero-order chi connectivity index (χ0) is 11.3. The Morgan fingerprint density at radius 2 is 2.07 bits per heavy atom. The van der Waals surface area contributed by atoms with Crippen molar-refractivity contribution in [2.45, 2.75) is 27.2 Å². The molecule has 0 spiro atoms. The van der Waals surface area contributed by atoms with Crippen LogP contribution in [-0.4, -0.2) is 12.4 Å². The van der Waals surface area contributed by atoms with Gasteiger partial charge in [-0.3, -0.25) is 4.79 Å². The molecule has 1 aromatic carbocycles. The number of ether oxygens (including phenoxy) is 1. The Labute approximate surface area is 91.3 Å². The molecule has 15 heavy (non-hydrogen) atoms. The Bertz CT molecular complexity index is 331. The van der Waals surface area contributed by atoms with Crippen molar-refractivity contribution in [1.82, 2.24) is 0 Å². The molecule has 0 aliphatic rings. The van der Waals surface area contributed by atoms with Gasteiger partial charge in [-0.15, -0.1) is 0 Å². The van der Waals surface area contributed by atoms with E-state index in [0.717, 1.165) is 6.42 Å². The molecular formula is C13H18O2. The average Bonchev–Trinajstić information content (AvgIpc) is 2.26. The van der Waals surface area contributed by atoms with Gasteiger partial charge in [0.1, 0.15) is 5.75 Å². The molecule has 2 nitrogen and oxygen atoms in total. The van der Waals surface area contributed by atoms with Gasteiger partial charge in [0.25, 0.3) is 0 Å². The third-order valence-corrected chi connectivity index (χ3v) is 2.49. The van der Waals surface area contributed by atoms with Gasteiger partial charge >= 0.3 is 0 Å². The van der Waals surface area contributed by atoms with Crippen molar-refractivity contribution in [3.63, 3.8) is 0 Å². The first-order valence-corrected chi connectivity index (χ1v) is 5.38. The second kappa shape index (κ2) is 5.54. The normalized spacial score (nSPS) is 12.2. The smallest absolute Gasteiger partial charge is 0.163 e. The van der Waals surface area contributed by atoms with Crippen LogP contribution in [0.5, 0.6) is 5.75 Å². The van der Waals surface area contributed by atoms with Crippen LogP contribution in [-0.2, 0) is 0 Å². The molecule has 0 aliphatic heterocycles. The Hall–Kier alpha value is -1.31. The molecule has 1 atom stereocenters. The van der Waals surface area contributed by atoms with Gasteiger partial charge in [-0.25, -0.2) is 0 Å². The van der Waals surface area contributed by atoms with Gasteiger partial charge in [-0.2, -0.15) is 0 Å². The highest BCUT2D eigenvalue weighted by Gasteiger charge is 2.08. The van der Waals surface area contributed by atoms with Crippen molar-refractivity contribution in [2.75, 3.05) is 6.61 Å². The number of rotatable bonds is 5. The van der Waals surface area contributed by atoms with Crippen LogP contribution < -0.4 is 4.74 Å². The van der Waals surface area contributed by atoms with Gasteiger partial charge in [0, 0.05) is 0 Å². The molecule has 0 aliphatic carbocycles. The van der Waals surface area contributed by atoms with E-state index < -0.39 is 0 Å². The Kier molecular flexibility index (Phi) is 4.35. The lowest BCUT2D eigenvalue weighted by Gasteiger charge is -2.12. The highest BCUT2D eigenvalue weighted by molar-refractivity contribution is 5.96. The summed E-state index contributed by atoms with van der Waals surface area (Å²) in [5.74, 6) is 1.27. The van der Waals surface area contributed by atoms with Gasteiger partial charge in [0.2, 0.25) is 0 Å². The predicted molar refractivity (Wildman–Crippen MR) is 61.4 cm³/mol. The van der Waals surface area contributed by atoms with Crippen LogP contribution in [0.25, 0.3) is 0 Å². The minimum Gasteiger partial charge on any atom is -0.493 e. The zero-order valence-corrected chi connectivity index (χ0v) is 9.62. The number of carbonyl (C=O) groups excluding carboxylic acids is 1.